The third kappa shape index (κ3) is 2.18. The first-order valence-electron chi connectivity index (χ1n) is 4.96. The quantitative estimate of drug-likeness (QED) is 0.115. The van der Waals surface area contributed by atoms with E-state index in [1.807, 2.05) is 0 Å². The maximum Gasteiger partial charge on any atom is 0.527 e. The van der Waals surface area contributed by atoms with Crippen LogP contribution in [0.1, 0.15) is 0 Å². The molecule has 0 aromatic heterocycles. The van der Waals surface area contributed by atoms with Crippen LogP contribution in [0.4, 0.5) is 8.78 Å². The summed E-state index contributed by atoms with van der Waals surface area (Å²) in [7, 11) is -10.4. The van der Waals surface area contributed by atoms with Gasteiger partial charge in [-0.3, -0.25) is 13.8 Å². The summed E-state index contributed by atoms with van der Waals surface area (Å²) in [5.74, 6) is 1.51. The number of amidine groups is 1. The molecule has 0 bridgehead atoms. The maximum atomic E-state index is 14.4. The summed E-state index contributed by atoms with van der Waals surface area (Å²) in [4.78, 5) is 2.09. The lowest BCUT2D eigenvalue weighted by atomic mass is 10.5. The molecule has 130 valence electrons. The van der Waals surface area contributed by atoms with E-state index in [-0.39, 0.29) is 0 Å². The first-order valence-corrected chi connectivity index (χ1v) is 7.80. The van der Waals surface area contributed by atoms with Gasteiger partial charge in [0.1, 0.15) is 0 Å². The van der Waals surface area contributed by atoms with Gasteiger partial charge in [-0.2, -0.15) is 26.4 Å². The lowest BCUT2D eigenvalue weighted by molar-refractivity contribution is -1.21. The average Bonchev–Trinajstić information content (AvgIpc) is 2.30. The molecular weight excluding hydrogens is 360 g/mol. The summed E-state index contributed by atoms with van der Waals surface area (Å²) in [5.41, 5.74) is 0. The molecule has 0 aromatic carbocycles. The van der Waals surface area contributed by atoms with E-state index in [1.165, 1.54) is 0 Å². The van der Waals surface area contributed by atoms with Crippen LogP contribution < -0.4 is 11.2 Å². The zero-order valence-electron chi connectivity index (χ0n) is 10.9. The molecule has 1 rings (SSSR count). The fourth-order valence-electron chi connectivity index (χ4n) is 1.77. The number of quaternary nitrogens is 1. The third-order valence-corrected chi connectivity index (χ3v) is 4.61. The third-order valence-electron chi connectivity index (χ3n) is 2.72. The van der Waals surface area contributed by atoms with Crippen LogP contribution in [0.15, 0.2) is 4.99 Å². The number of ether oxygens (including phenoxy) is 1. The van der Waals surface area contributed by atoms with E-state index in [0.717, 1.165) is 7.05 Å². The molecule has 3 atom stereocenters. The van der Waals surface area contributed by atoms with Crippen molar-refractivity contribution >= 4 is 26.5 Å². The average molecular weight is 372 g/mol. The van der Waals surface area contributed by atoms with Gasteiger partial charge in [0.05, 0.1) is 0 Å². The lowest BCUT2D eigenvalue weighted by Crippen LogP contribution is -2.89. The van der Waals surface area contributed by atoms with Gasteiger partial charge >= 0.3 is 37.7 Å². The summed E-state index contributed by atoms with van der Waals surface area (Å²) in [6.07, 6.45) is -2.49. The predicted molar refractivity (Wildman–Crippen MR) is 62.4 cm³/mol. The molecule has 0 amide bonds. The van der Waals surface area contributed by atoms with E-state index >= 15 is 0 Å². The Bertz CT molecular complexity index is 702. The molecule has 0 aliphatic carbocycles. The molecule has 22 heavy (non-hydrogen) atoms. The van der Waals surface area contributed by atoms with E-state index in [1.54, 1.807) is 5.32 Å². The highest BCUT2D eigenvalue weighted by Gasteiger charge is 2.80. The van der Waals surface area contributed by atoms with Crippen molar-refractivity contribution in [2.75, 3.05) is 14.2 Å². The molecule has 0 saturated carbocycles. The van der Waals surface area contributed by atoms with Gasteiger partial charge in [0.2, 0.25) is 0 Å². The minimum Gasteiger partial charge on any atom is -0.294 e. The zero-order valence-corrected chi connectivity index (χ0v) is 12.5. The Labute approximate surface area is 122 Å². The molecular formula is C5H12F2N5O8S2+. The number of hydroxylamine groups is 2. The summed E-state index contributed by atoms with van der Waals surface area (Å²) in [5, 5.41) is 6.89. The van der Waals surface area contributed by atoms with Gasteiger partial charge in [0.15, 0.2) is 0 Å². The molecule has 13 nitrogen and oxygen atoms in total. The van der Waals surface area contributed by atoms with Crippen LogP contribution in [-0.2, 0) is 25.2 Å². The fourth-order valence-corrected chi connectivity index (χ4v) is 3.27. The zero-order chi connectivity index (χ0) is 17.8. The van der Waals surface area contributed by atoms with Crippen LogP contribution >= 0.6 is 0 Å². The van der Waals surface area contributed by atoms with Gasteiger partial charge in [-0.1, -0.05) is 0 Å². The number of nitrogens with zero attached hydrogens (tertiary/aromatic N) is 3. The number of hydrogen-bond acceptors (Lipinski definition) is 9. The van der Waals surface area contributed by atoms with Crippen LogP contribution in [0.2, 0.25) is 0 Å². The van der Waals surface area contributed by atoms with E-state index in [4.69, 9.17) is 14.9 Å². The topological polar surface area (TPSA) is 192 Å². The van der Waals surface area contributed by atoms with Crippen LogP contribution in [0.5, 0.6) is 0 Å². The standard InChI is InChI=1S/C5H11F2N5O8S2/c1-9-5(20-2)11(22(17,18)19)3(6)10-4(7,12(5,8)13)21(14,15)16/h9,13H,8H2,1-2H3,(H-,14,15,16,17,18,19)/p+1. The number of aliphatic imine (C=N–C) groups is 1. The molecule has 1 aliphatic heterocycles. The molecule has 0 saturated heterocycles. The second kappa shape index (κ2) is 4.97. The van der Waals surface area contributed by atoms with Crippen LogP contribution in [0.25, 0.3) is 0 Å². The highest BCUT2D eigenvalue weighted by molar-refractivity contribution is 7.86. The van der Waals surface area contributed by atoms with E-state index in [0.29, 0.717) is 7.11 Å². The minimum absolute atomic E-state index is 0.549. The van der Waals surface area contributed by atoms with Crippen molar-refractivity contribution in [1.82, 2.24) is 9.62 Å². The highest BCUT2D eigenvalue weighted by atomic mass is 32.2. The summed E-state index contributed by atoms with van der Waals surface area (Å²) >= 11 is 0. The number of alkyl halides is 1. The van der Waals surface area contributed by atoms with Gasteiger partial charge in [-0.25, -0.2) is 5.32 Å². The van der Waals surface area contributed by atoms with Gasteiger partial charge < -0.3 is 0 Å². The molecule has 0 aromatic rings. The summed E-state index contributed by atoms with van der Waals surface area (Å²) in [6.45, 7) is 0. The number of rotatable bonds is 4. The van der Waals surface area contributed by atoms with Crippen molar-refractivity contribution in [3.05, 3.63) is 0 Å². The Balaban J connectivity index is 3.98. The summed E-state index contributed by atoms with van der Waals surface area (Å²) in [6, 6.07) is 0. The Morgan fingerprint density at radius 1 is 1.41 bits per heavy atom. The highest BCUT2D eigenvalue weighted by Crippen LogP contribution is 2.42. The lowest BCUT2D eigenvalue weighted by Gasteiger charge is -2.48. The van der Waals surface area contributed by atoms with E-state index in [2.05, 4.69) is 9.73 Å². The van der Waals surface area contributed by atoms with Gasteiger partial charge in [0, 0.05) is 11.9 Å². The SMILES string of the molecule is CNC1(OC)N(S(=O)(=O)O)C(F)=NC(F)(S(=O)(=O)O)[N+]1(N)O. The molecule has 3 unspecified atom stereocenters. The van der Waals surface area contributed by atoms with Crippen LogP contribution in [0, 0.1) is 0 Å². The number of methoxy groups -OCH3 is 1. The number of nitrogens with one attached hydrogen (secondary N) is 1. The smallest absolute Gasteiger partial charge is 0.294 e. The number of hydrogen-bond donors (Lipinski definition) is 5. The first kappa shape index (κ1) is 19.0. The van der Waals surface area contributed by atoms with Crippen molar-refractivity contribution in [3.8, 4) is 0 Å². The Morgan fingerprint density at radius 3 is 2.14 bits per heavy atom. The number of halogens is 2. The Kier molecular flexibility index (Phi) is 4.30. The van der Waals surface area contributed by atoms with Crippen molar-refractivity contribution in [2.45, 2.75) is 11.2 Å². The van der Waals surface area contributed by atoms with Gasteiger partial charge in [-0.05, 0) is 7.05 Å². The first-order chi connectivity index (χ1) is 9.62. The molecule has 0 spiro atoms. The van der Waals surface area contributed by atoms with Crippen molar-refractivity contribution in [3.63, 3.8) is 0 Å². The summed E-state index contributed by atoms with van der Waals surface area (Å²) < 4.78 is 90.9. The predicted octanol–water partition coefficient (Wildman–Crippen LogP) is -2.54. The second-order valence-corrected chi connectivity index (χ2v) is 6.61. The van der Waals surface area contributed by atoms with Gasteiger partial charge in [0.25, 0.3) is 0 Å². The molecule has 0 fully saturated rings. The monoisotopic (exact) mass is 372 g/mol. The fraction of sp³-hybridized carbons (Fsp3) is 0.800. The normalized spacial score (nSPS) is 37.1. The van der Waals surface area contributed by atoms with Crippen molar-refractivity contribution in [2.24, 2.45) is 10.8 Å². The van der Waals surface area contributed by atoms with E-state index < -0.39 is 46.8 Å². The van der Waals surface area contributed by atoms with Crippen LogP contribution in [0.3, 0.4) is 0 Å². The minimum atomic E-state index is -6.05. The number of nitrogens with two attached hydrogens (primary N) is 1. The molecule has 17 heteroatoms. The largest absolute Gasteiger partial charge is 0.527 e. The Hall–Kier alpha value is -1.05. The Morgan fingerprint density at radius 2 is 1.86 bits per heavy atom. The van der Waals surface area contributed by atoms with E-state index in [9.17, 15) is 30.8 Å². The van der Waals surface area contributed by atoms with Crippen LogP contribution in [-0.4, -0.2) is 71.7 Å². The molecule has 0 radical (unpaired) electrons. The van der Waals surface area contributed by atoms with Crippen molar-refractivity contribution in [1.29, 1.82) is 0 Å². The maximum absolute atomic E-state index is 14.4. The van der Waals surface area contributed by atoms with Crippen molar-refractivity contribution < 1.29 is 49.4 Å². The molecule has 1 heterocycles. The molecule has 1 aliphatic rings. The molecule has 6 N–H and O–H groups in total. The van der Waals surface area contributed by atoms with Gasteiger partial charge in [-0.15, -0.1) is 19.5 Å². The second-order valence-electron chi connectivity index (χ2n) is 3.87.